The zero-order valence-corrected chi connectivity index (χ0v) is 27.4. The molecular weight excluding hydrogens is 614 g/mol. The lowest BCUT2D eigenvalue weighted by Gasteiger charge is -2.39. The molecule has 0 unspecified atom stereocenters. The Morgan fingerprint density at radius 2 is 1.55 bits per heavy atom. The number of rotatable bonds is 6. The van der Waals surface area contributed by atoms with Crippen LogP contribution in [0.5, 0.6) is 5.75 Å². The van der Waals surface area contributed by atoms with Gasteiger partial charge in [-0.3, -0.25) is 14.5 Å². The topological polar surface area (TPSA) is 73.3 Å². The molecule has 0 radical (unpaired) electrons. The number of carboxylic acid groups (broad SMARTS) is 1. The summed E-state index contributed by atoms with van der Waals surface area (Å²) in [6.07, 6.45) is 1.80. The molecular formula is C36H47F4N3O4. The van der Waals surface area contributed by atoms with Crippen molar-refractivity contribution in [1.82, 2.24) is 9.80 Å². The number of aliphatic carboxylic acids is 1. The number of hydrogen-bond donors (Lipinski definition) is 1. The fraction of sp³-hybridized carbons (Fsp3) is 0.611. The Hall–Kier alpha value is -3.34. The minimum Gasteiger partial charge on any atom is -0.497 e. The lowest BCUT2D eigenvalue weighted by atomic mass is 9.85. The molecule has 0 bridgehead atoms. The molecule has 1 amide bonds. The van der Waals surface area contributed by atoms with E-state index in [-0.39, 0.29) is 18.4 Å². The Kier molecular flexibility index (Phi) is 11.0. The van der Waals surface area contributed by atoms with Crippen molar-refractivity contribution in [1.29, 1.82) is 0 Å². The fourth-order valence-electron chi connectivity index (χ4n) is 7.76. The molecule has 1 saturated carbocycles. The molecule has 2 atom stereocenters. The van der Waals surface area contributed by atoms with Crippen molar-refractivity contribution >= 4 is 17.6 Å². The lowest BCUT2D eigenvalue weighted by molar-refractivity contribution is -0.146. The normalized spacial score (nSPS) is 25.0. The van der Waals surface area contributed by atoms with Crippen molar-refractivity contribution in [2.75, 3.05) is 51.3 Å². The molecule has 3 aliphatic heterocycles. The number of methoxy groups -OCH3 is 1. The van der Waals surface area contributed by atoms with Crippen LogP contribution < -0.4 is 9.64 Å². The Morgan fingerprint density at radius 3 is 2.11 bits per heavy atom. The van der Waals surface area contributed by atoms with Crippen molar-refractivity contribution in [3.63, 3.8) is 0 Å². The first-order valence-electron chi connectivity index (χ1n) is 16.9. The van der Waals surface area contributed by atoms with Gasteiger partial charge in [-0.15, -0.1) is 0 Å². The molecule has 258 valence electrons. The van der Waals surface area contributed by atoms with Crippen molar-refractivity contribution in [3.05, 3.63) is 59.7 Å². The van der Waals surface area contributed by atoms with E-state index in [2.05, 4.69) is 4.90 Å². The van der Waals surface area contributed by atoms with Gasteiger partial charge < -0.3 is 19.6 Å². The number of carboxylic acids is 1. The minimum absolute atomic E-state index is 0.0601. The third-order valence-electron chi connectivity index (χ3n) is 10.7. The van der Waals surface area contributed by atoms with E-state index in [0.717, 1.165) is 43.1 Å². The number of alkyl halides is 4. The third-order valence-corrected chi connectivity index (χ3v) is 10.7. The SMILES string of the molecule is COc1ccccc1.C[C@@H]1CN(C2CCCC2)C[C@@]1(F)C(=O)N1CCC(c2ccc(C(F)(F)F)cc2N2CCC(C(=O)O)CC2)CC1. The van der Waals surface area contributed by atoms with Gasteiger partial charge in [-0.05, 0) is 74.3 Å². The van der Waals surface area contributed by atoms with Gasteiger partial charge in [-0.1, -0.05) is 44.0 Å². The molecule has 0 spiro atoms. The van der Waals surface area contributed by atoms with Crippen LogP contribution in [0.1, 0.15) is 75.3 Å². The van der Waals surface area contributed by atoms with Gasteiger partial charge in [-0.25, -0.2) is 4.39 Å². The van der Waals surface area contributed by atoms with E-state index in [1.54, 1.807) is 18.1 Å². The summed E-state index contributed by atoms with van der Waals surface area (Å²) in [5.41, 5.74) is -1.34. The van der Waals surface area contributed by atoms with Gasteiger partial charge in [-0.2, -0.15) is 13.2 Å². The van der Waals surface area contributed by atoms with Crippen molar-refractivity contribution in [2.24, 2.45) is 11.8 Å². The van der Waals surface area contributed by atoms with Crippen molar-refractivity contribution in [3.8, 4) is 5.75 Å². The zero-order valence-electron chi connectivity index (χ0n) is 27.4. The van der Waals surface area contributed by atoms with Crippen LogP contribution in [0, 0.1) is 11.8 Å². The first-order valence-corrected chi connectivity index (χ1v) is 16.9. The van der Waals surface area contributed by atoms with E-state index >= 15 is 4.39 Å². The van der Waals surface area contributed by atoms with Gasteiger partial charge >= 0.3 is 12.1 Å². The molecule has 0 aromatic heterocycles. The lowest BCUT2D eigenvalue weighted by Crippen LogP contribution is -2.52. The molecule has 47 heavy (non-hydrogen) atoms. The summed E-state index contributed by atoms with van der Waals surface area (Å²) in [6.45, 7) is 4.05. The third kappa shape index (κ3) is 8.04. The van der Waals surface area contributed by atoms with E-state index in [1.165, 1.54) is 6.07 Å². The number of ether oxygens (including phenoxy) is 1. The summed E-state index contributed by atoms with van der Waals surface area (Å²) in [4.78, 5) is 30.5. The highest BCUT2D eigenvalue weighted by Gasteiger charge is 2.54. The second kappa shape index (κ2) is 14.8. The van der Waals surface area contributed by atoms with Crippen LogP contribution in [-0.4, -0.2) is 84.9 Å². The van der Waals surface area contributed by atoms with Crippen LogP contribution in [0.3, 0.4) is 0 Å². The molecule has 1 aliphatic carbocycles. The van der Waals surface area contributed by atoms with Crippen LogP contribution in [0.15, 0.2) is 48.5 Å². The summed E-state index contributed by atoms with van der Waals surface area (Å²) in [5.74, 6) is -1.33. The summed E-state index contributed by atoms with van der Waals surface area (Å²) in [7, 11) is 1.66. The number of carbonyl (C=O) groups excluding carboxylic acids is 1. The number of amides is 1. The van der Waals surface area contributed by atoms with Crippen molar-refractivity contribution < 1.29 is 37.0 Å². The first kappa shape index (κ1) is 35.0. The second-order valence-corrected chi connectivity index (χ2v) is 13.6. The van der Waals surface area contributed by atoms with Gasteiger partial charge in [0, 0.05) is 56.9 Å². The highest BCUT2D eigenvalue weighted by molar-refractivity contribution is 5.86. The molecule has 11 heteroatoms. The van der Waals surface area contributed by atoms with Crippen LogP contribution in [-0.2, 0) is 15.8 Å². The predicted octanol–water partition coefficient (Wildman–Crippen LogP) is 7.01. The Labute approximate surface area is 274 Å². The highest BCUT2D eigenvalue weighted by Crippen LogP contribution is 2.42. The quantitative estimate of drug-likeness (QED) is 0.336. The second-order valence-electron chi connectivity index (χ2n) is 13.6. The smallest absolute Gasteiger partial charge is 0.416 e. The highest BCUT2D eigenvalue weighted by atomic mass is 19.4. The van der Waals surface area contributed by atoms with E-state index < -0.39 is 35.2 Å². The number of likely N-dealkylation sites (tertiary alicyclic amines) is 2. The van der Waals surface area contributed by atoms with Gasteiger partial charge in [0.05, 0.1) is 18.6 Å². The number of hydrogen-bond acceptors (Lipinski definition) is 5. The molecule has 4 aliphatic rings. The molecule has 4 fully saturated rings. The molecule has 3 heterocycles. The van der Waals surface area contributed by atoms with E-state index in [0.29, 0.717) is 70.1 Å². The van der Waals surface area contributed by atoms with E-state index in [4.69, 9.17) is 4.74 Å². The standard InChI is InChI=1S/C29H39F4N3O3.C7H8O/c1-19-17-36(23-4-2-3-5-23)18-28(19,30)27(39)35-14-8-20(9-15-35)24-7-6-22(29(31,32)33)16-25(24)34-12-10-21(11-13-34)26(37)38;1-8-7-5-3-2-4-6-7/h6-7,16,19-21,23H,2-5,8-15,17-18H2,1H3,(H,37,38);2-6H,1H3/t19-,28+;/m1./s1. The fourth-order valence-corrected chi connectivity index (χ4v) is 7.76. The number of carbonyl (C=O) groups is 2. The number of nitrogens with zero attached hydrogens (tertiary/aromatic N) is 3. The molecule has 2 aromatic carbocycles. The van der Waals surface area contributed by atoms with Gasteiger partial charge in [0.1, 0.15) is 5.75 Å². The molecule has 7 nitrogen and oxygen atoms in total. The van der Waals surface area contributed by atoms with E-state index in [9.17, 15) is 27.9 Å². The number of benzene rings is 2. The number of piperidine rings is 2. The molecule has 1 N–H and O–H groups in total. The molecule has 6 rings (SSSR count). The maximum Gasteiger partial charge on any atom is 0.416 e. The first-order chi connectivity index (χ1) is 22.4. The largest absolute Gasteiger partial charge is 0.497 e. The average molecular weight is 662 g/mol. The summed E-state index contributed by atoms with van der Waals surface area (Å²) >= 11 is 0. The summed E-state index contributed by atoms with van der Waals surface area (Å²) in [5, 5.41) is 9.33. The van der Waals surface area contributed by atoms with Gasteiger partial charge in [0.2, 0.25) is 5.67 Å². The van der Waals surface area contributed by atoms with Crippen LogP contribution in [0.4, 0.5) is 23.2 Å². The van der Waals surface area contributed by atoms with Crippen LogP contribution in [0.25, 0.3) is 0 Å². The summed E-state index contributed by atoms with van der Waals surface area (Å²) < 4.78 is 61.8. The number of anilines is 1. The zero-order chi connectivity index (χ0) is 33.8. The van der Waals surface area contributed by atoms with Gasteiger partial charge in [0.15, 0.2) is 0 Å². The molecule has 3 saturated heterocycles. The van der Waals surface area contributed by atoms with Crippen LogP contribution >= 0.6 is 0 Å². The number of halogens is 4. The Balaban J connectivity index is 0.000000474. The monoisotopic (exact) mass is 661 g/mol. The van der Waals surface area contributed by atoms with Gasteiger partial charge in [0.25, 0.3) is 5.91 Å². The Morgan fingerprint density at radius 1 is 0.915 bits per heavy atom. The molecule has 2 aromatic rings. The minimum atomic E-state index is -4.48. The van der Waals surface area contributed by atoms with Crippen LogP contribution in [0.2, 0.25) is 0 Å². The average Bonchev–Trinajstić information content (AvgIpc) is 3.73. The predicted molar refractivity (Wildman–Crippen MR) is 172 cm³/mol. The summed E-state index contributed by atoms with van der Waals surface area (Å²) in [6, 6.07) is 13.9. The maximum absolute atomic E-state index is 16.2. The van der Waals surface area contributed by atoms with E-state index in [1.807, 2.05) is 42.2 Å². The Bertz CT molecular complexity index is 1350. The number of para-hydroxylation sites is 1. The van der Waals surface area contributed by atoms with Crippen molar-refractivity contribution in [2.45, 2.75) is 82.1 Å². The maximum atomic E-state index is 16.2.